The fraction of sp³-hybridized carbons (Fsp3) is 0.500. The predicted octanol–water partition coefficient (Wildman–Crippen LogP) is 2.43. The standard InChI is InChI=1S/C14H18N2OS/c15-6-7-17-14-4-2-1-3-13(14)10-16-9-12-5-8-18-11-12/h1-4,12,16H,5,7-11H2. The number of ether oxygens (including phenoxy) is 1. The number of hydrogen-bond acceptors (Lipinski definition) is 4. The normalized spacial score (nSPS) is 18.5. The summed E-state index contributed by atoms with van der Waals surface area (Å²) >= 11 is 2.04. The van der Waals surface area contributed by atoms with Crippen molar-refractivity contribution < 1.29 is 4.74 Å². The van der Waals surface area contributed by atoms with Crippen molar-refractivity contribution in [2.24, 2.45) is 5.92 Å². The number of nitrogens with one attached hydrogen (secondary N) is 1. The van der Waals surface area contributed by atoms with Crippen LogP contribution in [0.15, 0.2) is 24.3 Å². The highest BCUT2D eigenvalue weighted by Gasteiger charge is 2.14. The fourth-order valence-corrected chi connectivity index (χ4v) is 3.34. The molecule has 1 saturated heterocycles. The molecule has 0 spiro atoms. The number of hydrogen-bond donors (Lipinski definition) is 1. The van der Waals surface area contributed by atoms with Gasteiger partial charge in [-0.15, -0.1) is 0 Å². The maximum atomic E-state index is 8.55. The molecule has 1 fully saturated rings. The molecule has 0 aliphatic carbocycles. The van der Waals surface area contributed by atoms with Gasteiger partial charge in [0.2, 0.25) is 0 Å². The third-order valence-electron chi connectivity index (χ3n) is 3.04. The summed E-state index contributed by atoms with van der Waals surface area (Å²) in [7, 11) is 0. The monoisotopic (exact) mass is 262 g/mol. The number of benzene rings is 1. The van der Waals surface area contributed by atoms with Crippen LogP contribution in [0.25, 0.3) is 0 Å². The number of para-hydroxylation sites is 1. The Morgan fingerprint density at radius 1 is 1.44 bits per heavy atom. The van der Waals surface area contributed by atoms with Gasteiger partial charge in [0.15, 0.2) is 6.61 Å². The van der Waals surface area contributed by atoms with Crippen molar-refractivity contribution in [3.05, 3.63) is 29.8 Å². The molecule has 1 aliphatic heterocycles. The molecule has 96 valence electrons. The topological polar surface area (TPSA) is 45.0 Å². The molecule has 0 aromatic heterocycles. The molecule has 1 aromatic rings. The number of thioether (sulfide) groups is 1. The van der Waals surface area contributed by atoms with Gasteiger partial charge in [0.05, 0.1) is 0 Å². The molecule has 3 nitrogen and oxygen atoms in total. The van der Waals surface area contributed by atoms with E-state index >= 15 is 0 Å². The largest absolute Gasteiger partial charge is 0.478 e. The van der Waals surface area contributed by atoms with Gasteiger partial charge < -0.3 is 10.1 Å². The smallest absolute Gasteiger partial charge is 0.174 e. The highest BCUT2D eigenvalue weighted by Crippen LogP contribution is 2.23. The maximum Gasteiger partial charge on any atom is 0.174 e. The van der Waals surface area contributed by atoms with Crippen LogP contribution in [-0.2, 0) is 6.54 Å². The summed E-state index contributed by atoms with van der Waals surface area (Å²) in [6, 6.07) is 9.90. The minimum atomic E-state index is 0.107. The van der Waals surface area contributed by atoms with Gasteiger partial charge in [-0.2, -0.15) is 17.0 Å². The van der Waals surface area contributed by atoms with Crippen LogP contribution in [0.1, 0.15) is 12.0 Å². The van der Waals surface area contributed by atoms with Crippen molar-refractivity contribution in [2.45, 2.75) is 13.0 Å². The molecule has 1 atom stereocenters. The van der Waals surface area contributed by atoms with E-state index in [9.17, 15) is 0 Å². The highest BCUT2D eigenvalue weighted by atomic mass is 32.2. The van der Waals surface area contributed by atoms with Crippen molar-refractivity contribution in [2.75, 3.05) is 24.7 Å². The van der Waals surface area contributed by atoms with Gasteiger partial charge >= 0.3 is 0 Å². The Kier molecular flexibility index (Phi) is 5.37. The lowest BCUT2D eigenvalue weighted by Gasteiger charge is -2.12. The van der Waals surface area contributed by atoms with Crippen molar-refractivity contribution in [1.29, 1.82) is 5.26 Å². The SMILES string of the molecule is N#CCOc1ccccc1CNCC1CCSC1. The lowest BCUT2D eigenvalue weighted by atomic mass is 10.1. The van der Waals surface area contributed by atoms with Gasteiger partial charge in [-0.05, 0) is 36.5 Å². The first kappa shape index (κ1) is 13.3. The van der Waals surface area contributed by atoms with Crippen LogP contribution in [0.5, 0.6) is 5.75 Å². The Balaban J connectivity index is 1.82. The second-order valence-corrected chi connectivity index (χ2v) is 5.56. The summed E-state index contributed by atoms with van der Waals surface area (Å²) in [5.41, 5.74) is 1.12. The Hall–Kier alpha value is -1.18. The number of rotatable bonds is 6. The Morgan fingerprint density at radius 3 is 3.11 bits per heavy atom. The molecule has 1 aliphatic rings. The third kappa shape index (κ3) is 3.94. The van der Waals surface area contributed by atoms with Crippen LogP contribution in [0.3, 0.4) is 0 Å². The van der Waals surface area contributed by atoms with E-state index in [0.717, 1.165) is 30.3 Å². The maximum absolute atomic E-state index is 8.55. The molecule has 2 rings (SSSR count). The van der Waals surface area contributed by atoms with Gasteiger partial charge in [-0.3, -0.25) is 0 Å². The molecule has 4 heteroatoms. The Labute approximate surface area is 113 Å². The number of nitrogens with zero attached hydrogens (tertiary/aromatic N) is 1. The molecule has 1 heterocycles. The molecular weight excluding hydrogens is 244 g/mol. The first-order chi connectivity index (χ1) is 8.90. The molecular formula is C14H18N2OS. The minimum Gasteiger partial charge on any atom is -0.478 e. The van der Waals surface area contributed by atoms with Crippen LogP contribution in [0, 0.1) is 17.2 Å². The zero-order valence-electron chi connectivity index (χ0n) is 10.4. The second kappa shape index (κ2) is 7.30. The Morgan fingerprint density at radius 2 is 2.33 bits per heavy atom. The zero-order chi connectivity index (χ0) is 12.6. The molecule has 0 saturated carbocycles. The molecule has 1 N–H and O–H groups in total. The van der Waals surface area contributed by atoms with E-state index in [1.807, 2.05) is 42.1 Å². The Bertz CT molecular complexity index is 411. The average molecular weight is 262 g/mol. The van der Waals surface area contributed by atoms with Crippen LogP contribution in [-0.4, -0.2) is 24.7 Å². The summed E-state index contributed by atoms with van der Waals surface area (Å²) in [6.45, 7) is 1.98. The first-order valence-electron chi connectivity index (χ1n) is 6.26. The molecule has 1 aromatic carbocycles. The predicted molar refractivity (Wildman–Crippen MR) is 74.7 cm³/mol. The summed E-state index contributed by atoms with van der Waals surface area (Å²) in [6.07, 6.45) is 1.32. The van der Waals surface area contributed by atoms with E-state index in [4.69, 9.17) is 10.00 Å². The highest BCUT2D eigenvalue weighted by molar-refractivity contribution is 7.99. The fourth-order valence-electron chi connectivity index (χ4n) is 2.06. The van der Waals surface area contributed by atoms with Gasteiger partial charge in [0.1, 0.15) is 11.8 Å². The van der Waals surface area contributed by atoms with Gasteiger partial charge in [0.25, 0.3) is 0 Å². The summed E-state index contributed by atoms with van der Waals surface area (Å²) in [4.78, 5) is 0. The summed E-state index contributed by atoms with van der Waals surface area (Å²) in [5.74, 6) is 4.20. The molecule has 0 radical (unpaired) electrons. The zero-order valence-corrected chi connectivity index (χ0v) is 11.2. The van der Waals surface area contributed by atoms with E-state index in [2.05, 4.69) is 5.32 Å². The van der Waals surface area contributed by atoms with E-state index in [1.165, 1.54) is 17.9 Å². The van der Waals surface area contributed by atoms with Crippen molar-refractivity contribution in [1.82, 2.24) is 5.32 Å². The average Bonchev–Trinajstić information content (AvgIpc) is 2.91. The second-order valence-electron chi connectivity index (χ2n) is 4.42. The van der Waals surface area contributed by atoms with Gasteiger partial charge in [-0.1, -0.05) is 18.2 Å². The van der Waals surface area contributed by atoms with Crippen molar-refractivity contribution in [3.8, 4) is 11.8 Å². The quantitative estimate of drug-likeness (QED) is 0.855. The third-order valence-corrected chi connectivity index (χ3v) is 4.27. The first-order valence-corrected chi connectivity index (χ1v) is 7.41. The summed E-state index contributed by atoms with van der Waals surface area (Å²) < 4.78 is 5.40. The van der Waals surface area contributed by atoms with Gasteiger partial charge in [-0.25, -0.2) is 0 Å². The van der Waals surface area contributed by atoms with E-state index in [1.54, 1.807) is 0 Å². The number of nitriles is 1. The van der Waals surface area contributed by atoms with Crippen LogP contribution >= 0.6 is 11.8 Å². The van der Waals surface area contributed by atoms with Crippen molar-refractivity contribution >= 4 is 11.8 Å². The van der Waals surface area contributed by atoms with Crippen molar-refractivity contribution in [3.63, 3.8) is 0 Å². The lowest BCUT2D eigenvalue weighted by Crippen LogP contribution is -2.22. The van der Waals surface area contributed by atoms with Crippen LogP contribution in [0.2, 0.25) is 0 Å². The molecule has 18 heavy (non-hydrogen) atoms. The van der Waals surface area contributed by atoms with E-state index < -0.39 is 0 Å². The molecule has 1 unspecified atom stereocenters. The van der Waals surface area contributed by atoms with Crippen LogP contribution in [0.4, 0.5) is 0 Å². The van der Waals surface area contributed by atoms with E-state index in [-0.39, 0.29) is 6.61 Å². The van der Waals surface area contributed by atoms with E-state index in [0.29, 0.717) is 0 Å². The molecule has 0 amide bonds. The van der Waals surface area contributed by atoms with Crippen LogP contribution < -0.4 is 10.1 Å². The summed E-state index contributed by atoms with van der Waals surface area (Å²) in [5, 5.41) is 12.0. The van der Waals surface area contributed by atoms with Gasteiger partial charge in [0, 0.05) is 12.1 Å². The lowest BCUT2D eigenvalue weighted by molar-refractivity contribution is 0.362. The molecule has 0 bridgehead atoms. The minimum absolute atomic E-state index is 0.107.